The minimum absolute atomic E-state index is 0.111. The van der Waals surface area contributed by atoms with Crippen LogP contribution in [0.25, 0.3) is 0 Å². The van der Waals surface area contributed by atoms with Crippen LogP contribution in [0.2, 0.25) is 10.0 Å². The zero-order valence-corrected chi connectivity index (χ0v) is 21.1. The highest BCUT2D eigenvalue weighted by atomic mass is 35.5. The molecular formula is C27H25Cl2N3O4. The lowest BCUT2D eigenvalue weighted by Crippen LogP contribution is -2.32. The minimum Gasteiger partial charge on any atom is -0.484 e. The summed E-state index contributed by atoms with van der Waals surface area (Å²) in [5, 5.41) is 6.35. The van der Waals surface area contributed by atoms with Crippen molar-refractivity contribution in [1.29, 1.82) is 0 Å². The van der Waals surface area contributed by atoms with Crippen LogP contribution in [0, 0.1) is 12.8 Å². The molecule has 1 aliphatic rings. The SMILES string of the molecule is Cc1ccc(CNC(=O)[C@H]2CC(=O)N(c3ccc(OCC(=O)Nc4ccc(Cl)c(Cl)c4)cc3)C2)cc1. The number of ether oxygens (including phenoxy) is 1. The summed E-state index contributed by atoms with van der Waals surface area (Å²) in [6.45, 7) is 2.54. The molecule has 186 valence electrons. The van der Waals surface area contributed by atoms with Gasteiger partial charge in [0, 0.05) is 30.9 Å². The van der Waals surface area contributed by atoms with Crippen LogP contribution in [0.4, 0.5) is 11.4 Å². The summed E-state index contributed by atoms with van der Waals surface area (Å²) in [4.78, 5) is 38.9. The lowest BCUT2D eigenvalue weighted by molar-refractivity contribution is -0.126. The highest BCUT2D eigenvalue weighted by Gasteiger charge is 2.35. The number of nitrogens with one attached hydrogen (secondary N) is 2. The third-order valence-electron chi connectivity index (χ3n) is 5.80. The third-order valence-corrected chi connectivity index (χ3v) is 6.54. The fraction of sp³-hybridized carbons (Fsp3) is 0.222. The van der Waals surface area contributed by atoms with E-state index in [4.69, 9.17) is 27.9 Å². The Morgan fingerprint density at radius 2 is 1.72 bits per heavy atom. The molecule has 1 heterocycles. The molecule has 0 aromatic heterocycles. The number of benzene rings is 3. The van der Waals surface area contributed by atoms with Crippen molar-refractivity contribution in [2.45, 2.75) is 19.9 Å². The first-order chi connectivity index (χ1) is 17.3. The van der Waals surface area contributed by atoms with Crippen LogP contribution >= 0.6 is 23.2 Å². The molecule has 1 atom stereocenters. The van der Waals surface area contributed by atoms with Crippen molar-refractivity contribution in [3.8, 4) is 5.75 Å². The first kappa shape index (κ1) is 25.5. The molecular weight excluding hydrogens is 501 g/mol. The van der Waals surface area contributed by atoms with Crippen molar-refractivity contribution in [2.24, 2.45) is 5.92 Å². The smallest absolute Gasteiger partial charge is 0.262 e. The molecule has 0 unspecified atom stereocenters. The summed E-state index contributed by atoms with van der Waals surface area (Å²) >= 11 is 11.8. The number of carbonyl (C=O) groups is 3. The third kappa shape index (κ3) is 6.56. The molecule has 0 saturated carbocycles. The van der Waals surface area contributed by atoms with Crippen molar-refractivity contribution in [3.63, 3.8) is 0 Å². The molecule has 3 aromatic rings. The minimum atomic E-state index is -0.413. The van der Waals surface area contributed by atoms with Crippen LogP contribution in [0.15, 0.2) is 66.7 Å². The van der Waals surface area contributed by atoms with E-state index in [0.717, 1.165) is 11.1 Å². The maximum absolute atomic E-state index is 12.6. The molecule has 0 radical (unpaired) electrons. The van der Waals surface area contributed by atoms with Gasteiger partial charge in [-0.1, -0.05) is 53.0 Å². The molecule has 1 saturated heterocycles. The van der Waals surface area contributed by atoms with Gasteiger partial charge in [0.15, 0.2) is 6.61 Å². The molecule has 1 fully saturated rings. The number of carbonyl (C=O) groups excluding carboxylic acids is 3. The van der Waals surface area contributed by atoms with Gasteiger partial charge in [-0.3, -0.25) is 14.4 Å². The van der Waals surface area contributed by atoms with E-state index < -0.39 is 5.92 Å². The van der Waals surface area contributed by atoms with Gasteiger partial charge in [-0.25, -0.2) is 0 Å². The van der Waals surface area contributed by atoms with E-state index in [9.17, 15) is 14.4 Å². The van der Waals surface area contributed by atoms with Crippen LogP contribution in [-0.2, 0) is 20.9 Å². The van der Waals surface area contributed by atoms with Gasteiger partial charge in [0.25, 0.3) is 5.91 Å². The van der Waals surface area contributed by atoms with Crippen molar-refractivity contribution in [2.75, 3.05) is 23.4 Å². The summed E-state index contributed by atoms with van der Waals surface area (Å²) in [5.74, 6) is -0.544. The van der Waals surface area contributed by atoms with Gasteiger partial charge in [0.05, 0.1) is 16.0 Å². The van der Waals surface area contributed by atoms with Crippen LogP contribution in [0.5, 0.6) is 5.75 Å². The molecule has 7 nitrogen and oxygen atoms in total. The van der Waals surface area contributed by atoms with Crippen LogP contribution in [0.1, 0.15) is 17.5 Å². The second kappa shape index (κ2) is 11.5. The molecule has 2 N–H and O–H groups in total. The standard InChI is InChI=1S/C27H25Cl2N3O4/c1-17-2-4-18(5-3-17)14-30-27(35)19-12-26(34)32(15-19)21-7-9-22(10-8-21)36-16-25(33)31-20-6-11-23(28)24(29)13-20/h2-11,13,19H,12,14-16H2,1H3,(H,30,35)(H,31,33)/t19-/m0/s1. The molecule has 9 heteroatoms. The van der Waals surface area contributed by atoms with E-state index in [1.165, 1.54) is 0 Å². The molecule has 0 spiro atoms. The largest absolute Gasteiger partial charge is 0.484 e. The van der Waals surface area contributed by atoms with Crippen molar-refractivity contribution < 1.29 is 19.1 Å². The quantitative estimate of drug-likeness (QED) is 0.433. The molecule has 0 bridgehead atoms. The molecule has 0 aliphatic carbocycles. The highest BCUT2D eigenvalue weighted by Crippen LogP contribution is 2.27. The Kier molecular flexibility index (Phi) is 8.13. The molecule has 3 amide bonds. The van der Waals surface area contributed by atoms with Gasteiger partial charge < -0.3 is 20.3 Å². The van der Waals surface area contributed by atoms with E-state index in [1.807, 2.05) is 31.2 Å². The van der Waals surface area contributed by atoms with E-state index in [-0.39, 0.29) is 30.7 Å². The van der Waals surface area contributed by atoms with Crippen molar-refractivity contribution in [1.82, 2.24) is 5.32 Å². The second-order valence-corrected chi connectivity index (χ2v) is 9.38. The predicted molar refractivity (Wildman–Crippen MR) is 141 cm³/mol. The lowest BCUT2D eigenvalue weighted by Gasteiger charge is -2.17. The van der Waals surface area contributed by atoms with Gasteiger partial charge in [-0.15, -0.1) is 0 Å². The zero-order chi connectivity index (χ0) is 25.7. The maximum atomic E-state index is 12.6. The number of nitrogens with zero attached hydrogens (tertiary/aromatic N) is 1. The number of rotatable bonds is 8. The van der Waals surface area contributed by atoms with Gasteiger partial charge in [0.2, 0.25) is 11.8 Å². The van der Waals surface area contributed by atoms with Gasteiger partial charge in [-0.05, 0) is 55.0 Å². The summed E-state index contributed by atoms with van der Waals surface area (Å²) in [7, 11) is 0. The summed E-state index contributed by atoms with van der Waals surface area (Å²) in [5.41, 5.74) is 3.35. The Morgan fingerprint density at radius 1 is 1.00 bits per heavy atom. The Morgan fingerprint density at radius 3 is 2.42 bits per heavy atom. The topological polar surface area (TPSA) is 87.7 Å². The number of amides is 3. The zero-order valence-electron chi connectivity index (χ0n) is 19.6. The first-order valence-electron chi connectivity index (χ1n) is 11.4. The fourth-order valence-electron chi connectivity index (χ4n) is 3.81. The summed E-state index contributed by atoms with van der Waals surface area (Å²) < 4.78 is 5.54. The Bertz CT molecular complexity index is 1260. The van der Waals surface area contributed by atoms with Crippen LogP contribution in [0.3, 0.4) is 0 Å². The van der Waals surface area contributed by atoms with Gasteiger partial charge in [-0.2, -0.15) is 0 Å². The predicted octanol–water partition coefficient (Wildman–Crippen LogP) is 4.99. The van der Waals surface area contributed by atoms with Gasteiger partial charge in [0.1, 0.15) is 5.75 Å². The normalized spacial score (nSPS) is 15.0. The second-order valence-electron chi connectivity index (χ2n) is 8.57. The lowest BCUT2D eigenvalue weighted by atomic mass is 10.1. The molecule has 1 aliphatic heterocycles. The number of hydrogen-bond donors (Lipinski definition) is 2. The number of halogens is 2. The number of aryl methyl sites for hydroxylation is 1. The molecule has 36 heavy (non-hydrogen) atoms. The maximum Gasteiger partial charge on any atom is 0.262 e. The monoisotopic (exact) mass is 525 g/mol. The summed E-state index contributed by atoms with van der Waals surface area (Å²) in [6, 6.07) is 19.6. The van der Waals surface area contributed by atoms with E-state index in [1.54, 1.807) is 47.4 Å². The van der Waals surface area contributed by atoms with Crippen molar-refractivity contribution >= 4 is 52.3 Å². The average molecular weight is 526 g/mol. The summed E-state index contributed by atoms with van der Waals surface area (Å²) in [6.07, 6.45) is 0.160. The van der Waals surface area contributed by atoms with E-state index in [0.29, 0.717) is 40.3 Å². The van der Waals surface area contributed by atoms with E-state index >= 15 is 0 Å². The number of anilines is 2. The Labute approximate surface area is 219 Å². The van der Waals surface area contributed by atoms with E-state index in [2.05, 4.69) is 10.6 Å². The Balaban J connectivity index is 1.26. The first-order valence-corrected chi connectivity index (χ1v) is 12.2. The molecule has 3 aromatic carbocycles. The highest BCUT2D eigenvalue weighted by molar-refractivity contribution is 6.42. The van der Waals surface area contributed by atoms with Gasteiger partial charge >= 0.3 is 0 Å². The molecule has 4 rings (SSSR count). The van der Waals surface area contributed by atoms with Crippen LogP contribution < -0.4 is 20.3 Å². The fourth-order valence-corrected chi connectivity index (χ4v) is 4.11. The van der Waals surface area contributed by atoms with Crippen molar-refractivity contribution in [3.05, 3.63) is 87.9 Å². The average Bonchev–Trinajstić information content (AvgIpc) is 3.26. The van der Waals surface area contributed by atoms with Crippen LogP contribution in [-0.4, -0.2) is 30.9 Å². The Hall–Kier alpha value is -3.55. The number of hydrogen-bond acceptors (Lipinski definition) is 4.